The van der Waals surface area contributed by atoms with Crippen LogP contribution in [0, 0.1) is 6.92 Å². The molecule has 154 valence electrons. The molecule has 4 aromatic rings. The number of hydrogen-bond acceptors (Lipinski definition) is 5. The van der Waals surface area contributed by atoms with Gasteiger partial charge >= 0.3 is 0 Å². The molecule has 0 radical (unpaired) electrons. The van der Waals surface area contributed by atoms with Crippen LogP contribution in [0.15, 0.2) is 64.6 Å². The Balaban J connectivity index is 1.71. The number of nitrogens with zero attached hydrogens (tertiary/aromatic N) is 2. The van der Waals surface area contributed by atoms with Gasteiger partial charge in [0.25, 0.3) is 5.91 Å². The van der Waals surface area contributed by atoms with Gasteiger partial charge in [0.05, 0.1) is 36.4 Å². The maximum atomic E-state index is 12.7. The van der Waals surface area contributed by atoms with Gasteiger partial charge in [-0.05, 0) is 25.1 Å². The van der Waals surface area contributed by atoms with E-state index in [0.29, 0.717) is 25.3 Å². The fourth-order valence-electron chi connectivity index (χ4n) is 3.32. The van der Waals surface area contributed by atoms with Gasteiger partial charge in [0.2, 0.25) is 0 Å². The van der Waals surface area contributed by atoms with E-state index in [1.807, 2.05) is 60.8 Å². The van der Waals surface area contributed by atoms with Crippen molar-refractivity contribution in [1.29, 1.82) is 0 Å². The zero-order chi connectivity index (χ0) is 20.9. The Kier molecular flexibility index (Phi) is 6.11. The summed E-state index contributed by atoms with van der Waals surface area (Å²) in [6.45, 7) is 3.40. The molecule has 0 spiro atoms. The van der Waals surface area contributed by atoms with Crippen LogP contribution in [0.2, 0.25) is 0 Å². The summed E-state index contributed by atoms with van der Waals surface area (Å²) < 4.78 is 12.7. The molecule has 1 aromatic carbocycles. The molecule has 0 fully saturated rings. The standard InChI is InChI=1S/C23H23N3O3S/c1-16-19(22(27)24-10-12-28-2)13-21(26(16)14-18-9-6-11-29-18)20-15-30-23(25-20)17-7-4-3-5-8-17/h3-9,11,13,15H,10,12,14H2,1-2H3,(H,24,27). The Morgan fingerprint density at radius 3 is 2.80 bits per heavy atom. The van der Waals surface area contributed by atoms with Crippen LogP contribution in [-0.4, -0.2) is 35.7 Å². The van der Waals surface area contributed by atoms with Crippen LogP contribution in [0.1, 0.15) is 21.8 Å². The summed E-state index contributed by atoms with van der Waals surface area (Å²) >= 11 is 1.59. The minimum absolute atomic E-state index is 0.123. The Morgan fingerprint density at radius 1 is 1.23 bits per heavy atom. The number of carbonyl (C=O) groups is 1. The third-order valence-corrected chi connectivity index (χ3v) is 5.78. The predicted molar refractivity (Wildman–Crippen MR) is 118 cm³/mol. The van der Waals surface area contributed by atoms with Crippen LogP contribution in [0.25, 0.3) is 22.0 Å². The highest BCUT2D eigenvalue weighted by Crippen LogP contribution is 2.32. The summed E-state index contributed by atoms with van der Waals surface area (Å²) in [5, 5.41) is 5.88. The van der Waals surface area contributed by atoms with E-state index in [1.54, 1.807) is 24.7 Å². The van der Waals surface area contributed by atoms with Crippen LogP contribution in [0.3, 0.4) is 0 Å². The summed E-state index contributed by atoms with van der Waals surface area (Å²) in [4.78, 5) is 17.6. The van der Waals surface area contributed by atoms with E-state index >= 15 is 0 Å². The molecule has 0 aliphatic rings. The molecule has 0 bridgehead atoms. The van der Waals surface area contributed by atoms with Crippen LogP contribution in [0.4, 0.5) is 0 Å². The zero-order valence-corrected chi connectivity index (χ0v) is 17.7. The van der Waals surface area contributed by atoms with Crippen LogP contribution in [0.5, 0.6) is 0 Å². The first-order chi connectivity index (χ1) is 14.7. The highest BCUT2D eigenvalue weighted by molar-refractivity contribution is 7.13. The number of nitrogens with one attached hydrogen (secondary N) is 1. The van der Waals surface area contributed by atoms with E-state index in [1.165, 1.54) is 0 Å². The lowest BCUT2D eigenvalue weighted by Crippen LogP contribution is -2.27. The van der Waals surface area contributed by atoms with Crippen molar-refractivity contribution in [1.82, 2.24) is 14.9 Å². The number of rotatable bonds is 8. The normalized spacial score (nSPS) is 11.0. The molecule has 3 heterocycles. The monoisotopic (exact) mass is 421 g/mol. The minimum Gasteiger partial charge on any atom is -0.467 e. The second-order valence-corrected chi connectivity index (χ2v) is 7.70. The van der Waals surface area contributed by atoms with E-state index in [4.69, 9.17) is 14.1 Å². The molecule has 0 saturated carbocycles. The molecule has 0 aliphatic carbocycles. The second kappa shape index (κ2) is 9.11. The van der Waals surface area contributed by atoms with E-state index in [0.717, 1.165) is 33.4 Å². The highest BCUT2D eigenvalue weighted by atomic mass is 32.1. The van der Waals surface area contributed by atoms with E-state index < -0.39 is 0 Å². The molecule has 6 nitrogen and oxygen atoms in total. The summed E-state index contributed by atoms with van der Waals surface area (Å²) in [6.07, 6.45) is 1.66. The predicted octanol–water partition coefficient (Wildman–Crippen LogP) is 4.60. The Hall–Kier alpha value is -3.16. The number of carbonyl (C=O) groups excluding carboxylic acids is 1. The van der Waals surface area contributed by atoms with Crippen molar-refractivity contribution in [2.45, 2.75) is 13.5 Å². The number of aromatic nitrogens is 2. The first-order valence-electron chi connectivity index (χ1n) is 9.68. The van der Waals surface area contributed by atoms with Crippen molar-refractivity contribution in [3.63, 3.8) is 0 Å². The minimum atomic E-state index is -0.123. The van der Waals surface area contributed by atoms with Gasteiger partial charge in [-0.1, -0.05) is 30.3 Å². The van der Waals surface area contributed by atoms with E-state index in [-0.39, 0.29) is 5.91 Å². The maximum Gasteiger partial charge on any atom is 0.253 e. The first-order valence-corrected chi connectivity index (χ1v) is 10.6. The van der Waals surface area contributed by atoms with Crippen molar-refractivity contribution in [2.75, 3.05) is 20.3 Å². The molecule has 3 aromatic heterocycles. The van der Waals surface area contributed by atoms with Gasteiger partial charge in [-0.15, -0.1) is 11.3 Å². The number of amides is 1. The fourth-order valence-corrected chi connectivity index (χ4v) is 4.14. The van der Waals surface area contributed by atoms with Gasteiger partial charge in [-0.2, -0.15) is 0 Å². The number of hydrogen-bond donors (Lipinski definition) is 1. The SMILES string of the molecule is COCCNC(=O)c1cc(-c2csc(-c3ccccc3)n2)n(Cc2ccco2)c1C. The number of thiazole rings is 1. The number of ether oxygens (including phenoxy) is 1. The largest absolute Gasteiger partial charge is 0.467 e. The van der Waals surface area contributed by atoms with Crippen molar-refractivity contribution >= 4 is 17.2 Å². The summed E-state index contributed by atoms with van der Waals surface area (Å²) in [5.74, 6) is 0.697. The summed E-state index contributed by atoms with van der Waals surface area (Å²) in [7, 11) is 1.61. The van der Waals surface area contributed by atoms with Gasteiger partial charge in [-0.25, -0.2) is 4.98 Å². The van der Waals surface area contributed by atoms with Gasteiger partial charge in [0, 0.05) is 30.3 Å². The fraction of sp³-hybridized carbons (Fsp3) is 0.217. The van der Waals surface area contributed by atoms with Crippen molar-refractivity contribution in [3.05, 3.63) is 77.2 Å². The average Bonchev–Trinajstić information content (AvgIpc) is 3.51. The summed E-state index contributed by atoms with van der Waals surface area (Å²) in [5.41, 5.74) is 4.29. The third-order valence-electron chi connectivity index (χ3n) is 4.88. The van der Waals surface area contributed by atoms with Gasteiger partial charge < -0.3 is 19.0 Å². The molecule has 0 aliphatic heterocycles. The Bertz CT molecular complexity index is 1110. The zero-order valence-electron chi connectivity index (χ0n) is 16.9. The van der Waals surface area contributed by atoms with Crippen LogP contribution >= 0.6 is 11.3 Å². The number of methoxy groups -OCH3 is 1. The Morgan fingerprint density at radius 2 is 2.07 bits per heavy atom. The molecule has 4 rings (SSSR count). The van der Waals surface area contributed by atoms with Crippen molar-refractivity contribution < 1.29 is 13.9 Å². The van der Waals surface area contributed by atoms with Crippen LogP contribution in [-0.2, 0) is 11.3 Å². The molecule has 30 heavy (non-hydrogen) atoms. The number of furan rings is 1. The Labute approximate surface area is 179 Å². The van der Waals surface area contributed by atoms with Crippen molar-refractivity contribution in [2.24, 2.45) is 0 Å². The third kappa shape index (κ3) is 4.22. The van der Waals surface area contributed by atoms with E-state index in [2.05, 4.69) is 9.88 Å². The maximum absolute atomic E-state index is 12.7. The molecule has 1 amide bonds. The molecule has 0 unspecified atom stereocenters. The summed E-state index contributed by atoms with van der Waals surface area (Å²) in [6, 6.07) is 15.8. The topological polar surface area (TPSA) is 69.3 Å². The molecular formula is C23H23N3O3S. The molecule has 1 N–H and O–H groups in total. The van der Waals surface area contributed by atoms with Gasteiger partial charge in [0.1, 0.15) is 10.8 Å². The quantitative estimate of drug-likeness (QED) is 0.422. The van der Waals surface area contributed by atoms with Crippen LogP contribution < -0.4 is 5.32 Å². The highest BCUT2D eigenvalue weighted by Gasteiger charge is 2.21. The van der Waals surface area contributed by atoms with Gasteiger partial charge in [-0.3, -0.25) is 4.79 Å². The molecule has 0 saturated heterocycles. The number of benzene rings is 1. The van der Waals surface area contributed by atoms with Crippen molar-refractivity contribution in [3.8, 4) is 22.0 Å². The molecular weight excluding hydrogens is 398 g/mol. The lowest BCUT2D eigenvalue weighted by Gasteiger charge is -2.09. The van der Waals surface area contributed by atoms with Gasteiger partial charge in [0.15, 0.2) is 0 Å². The molecule has 7 heteroatoms. The lowest BCUT2D eigenvalue weighted by atomic mass is 10.2. The van der Waals surface area contributed by atoms with E-state index in [9.17, 15) is 4.79 Å². The lowest BCUT2D eigenvalue weighted by molar-refractivity contribution is 0.0936. The smallest absolute Gasteiger partial charge is 0.253 e. The second-order valence-electron chi connectivity index (χ2n) is 6.85. The first kappa shape index (κ1) is 20.1. The molecule has 0 atom stereocenters. The average molecular weight is 422 g/mol.